The first kappa shape index (κ1) is 19.2. The summed E-state index contributed by atoms with van der Waals surface area (Å²) in [6.45, 7) is 4.61. The van der Waals surface area contributed by atoms with Crippen molar-refractivity contribution in [2.24, 2.45) is 0 Å². The Kier molecular flexibility index (Phi) is 7.24. The van der Waals surface area contributed by atoms with Gasteiger partial charge in [0.15, 0.2) is 6.61 Å². The molecule has 0 unspecified atom stereocenters. The van der Waals surface area contributed by atoms with Gasteiger partial charge in [-0.3, -0.25) is 9.59 Å². The highest BCUT2D eigenvalue weighted by Crippen LogP contribution is 2.15. The van der Waals surface area contributed by atoms with Gasteiger partial charge in [-0.1, -0.05) is 12.1 Å². The number of nitrogens with one attached hydrogen (secondary N) is 1. The molecule has 0 fully saturated rings. The van der Waals surface area contributed by atoms with Crippen LogP contribution < -0.4 is 10.1 Å². The lowest BCUT2D eigenvalue weighted by molar-refractivity contribution is -0.129. The summed E-state index contributed by atoms with van der Waals surface area (Å²) >= 11 is 2.21. The highest BCUT2D eigenvalue weighted by molar-refractivity contribution is 14.1. The van der Waals surface area contributed by atoms with Crippen LogP contribution in [0.4, 0.5) is 5.69 Å². The van der Waals surface area contributed by atoms with E-state index in [4.69, 9.17) is 4.74 Å². The molecule has 0 radical (unpaired) electrons. The fourth-order valence-electron chi connectivity index (χ4n) is 2.29. The molecule has 0 aliphatic heterocycles. The third-order valence-electron chi connectivity index (χ3n) is 3.59. The van der Waals surface area contributed by atoms with Crippen LogP contribution in [0.1, 0.15) is 19.4 Å². The van der Waals surface area contributed by atoms with Gasteiger partial charge in [0.1, 0.15) is 5.75 Å². The Morgan fingerprint density at radius 2 is 1.88 bits per heavy atom. The van der Waals surface area contributed by atoms with Gasteiger partial charge < -0.3 is 15.0 Å². The van der Waals surface area contributed by atoms with Crippen molar-refractivity contribution in [1.29, 1.82) is 0 Å². The van der Waals surface area contributed by atoms with Gasteiger partial charge in [0.2, 0.25) is 5.91 Å². The van der Waals surface area contributed by atoms with Crippen LogP contribution in [0.2, 0.25) is 0 Å². The summed E-state index contributed by atoms with van der Waals surface area (Å²) in [7, 11) is 0. The Balaban J connectivity index is 1.91. The van der Waals surface area contributed by atoms with Crippen molar-refractivity contribution in [2.45, 2.75) is 20.4 Å². The minimum atomic E-state index is -0.227. The molecule has 25 heavy (non-hydrogen) atoms. The number of hydrogen-bond donors (Lipinski definition) is 1. The number of halogens is 1. The Hall–Kier alpha value is -2.09. The van der Waals surface area contributed by atoms with E-state index >= 15 is 0 Å². The molecule has 1 N–H and O–H groups in total. The monoisotopic (exact) mass is 452 g/mol. The van der Waals surface area contributed by atoms with Crippen molar-refractivity contribution >= 4 is 40.1 Å². The van der Waals surface area contributed by atoms with Crippen LogP contribution in [0.3, 0.4) is 0 Å². The number of carbonyl (C=O) groups is 2. The third-order valence-corrected chi connectivity index (χ3v) is 4.31. The molecule has 2 amide bonds. The number of ether oxygens (including phenoxy) is 1. The Morgan fingerprint density at radius 1 is 1.16 bits per heavy atom. The van der Waals surface area contributed by atoms with E-state index in [0.717, 1.165) is 9.13 Å². The molecule has 5 nitrogen and oxygen atoms in total. The fourth-order valence-corrected chi connectivity index (χ4v) is 2.65. The quantitative estimate of drug-likeness (QED) is 0.653. The normalized spacial score (nSPS) is 10.2. The van der Waals surface area contributed by atoms with Crippen molar-refractivity contribution in [3.05, 3.63) is 57.7 Å². The first-order valence-electron chi connectivity index (χ1n) is 8.00. The number of amides is 2. The van der Waals surface area contributed by atoms with Gasteiger partial charge in [-0.25, -0.2) is 0 Å². The van der Waals surface area contributed by atoms with Crippen molar-refractivity contribution in [3.63, 3.8) is 0 Å². The van der Waals surface area contributed by atoms with Crippen LogP contribution in [0.25, 0.3) is 0 Å². The first-order valence-corrected chi connectivity index (χ1v) is 9.08. The molecule has 132 valence electrons. The maximum Gasteiger partial charge on any atom is 0.262 e. The molecule has 2 rings (SSSR count). The van der Waals surface area contributed by atoms with Crippen LogP contribution in [0.5, 0.6) is 5.75 Å². The number of rotatable bonds is 7. The molecule has 0 aliphatic rings. The summed E-state index contributed by atoms with van der Waals surface area (Å²) < 4.78 is 6.58. The van der Waals surface area contributed by atoms with Gasteiger partial charge >= 0.3 is 0 Å². The van der Waals surface area contributed by atoms with Crippen LogP contribution >= 0.6 is 22.6 Å². The lowest BCUT2D eigenvalue weighted by atomic mass is 10.2. The summed E-state index contributed by atoms with van der Waals surface area (Å²) in [4.78, 5) is 25.3. The first-order chi connectivity index (χ1) is 12.0. The number of anilines is 1. The molecule has 0 aromatic heterocycles. The zero-order valence-electron chi connectivity index (χ0n) is 14.3. The zero-order valence-corrected chi connectivity index (χ0v) is 16.4. The Bertz CT molecular complexity index is 732. The highest BCUT2D eigenvalue weighted by Gasteiger charge is 2.08. The second-order valence-electron chi connectivity index (χ2n) is 5.52. The van der Waals surface area contributed by atoms with E-state index in [2.05, 4.69) is 27.9 Å². The largest absolute Gasteiger partial charge is 0.484 e. The zero-order chi connectivity index (χ0) is 18.2. The molecule has 0 spiro atoms. The molecule has 0 saturated carbocycles. The molecule has 6 heteroatoms. The molecule has 0 heterocycles. The molecule has 0 saturated heterocycles. The van der Waals surface area contributed by atoms with E-state index in [1.807, 2.05) is 55.5 Å². The van der Waals surface area contributed by atoms with Gasteiger partial charge in [-0.15, -0.1) is 0 Å². The number of nitrogens with zero attached hydrogens (tertiary/aromatic N) is 1. The van der Waals surface area contributed by atoms with E-state index in [-0.39, 0.29) is 18.4 Å². The van der Waals surface area contributed by atoms with Crippen molar-refractivity contribution < 1.29 is 14.3 Å². The maximum absolute atomic E-state index is 12.0. The molecular formula is C19H21IN2O3. The van der Waals surface area contributed by atoms with Gasteiger partial charge in [0.05, 0.1) is 0 Å². The maximum atomic E-state index is 12.0. The smallest absolute Gasteiger partial charge is 0.262 e. The summed E-state index contributed by atoms with van der Waals surface area (Å²) in [5, 5.41) is 2.82. The van der Waals surface area contributed by atoms with Crippen LogP contribution in [0.15, 0.2) is 48.5 Å². The van der Waals surface area contributed by atoms with Crippen LogP contribution in [0, 0.1) is 3.57 Å². The topological polar surface area (TPSA) is 58.6 Å². The fraction of sp³-hybridized carbons (Fsp3) is 0.263. The van der Waals surface area contributed by atoms with Crippen LogP contribution in [-0.2, 0) is 16.1 Å². The van der Waals surface area contributed by atoms with Gasteiger partial charge in [0, 0.05) is 29.3 Å². The number of benzene rings is 2. The van der Waals surface area contributed by atoms with Crippen molar-refractivity contribution in [1.82, 2.24) is 4.90 Å². The number of hydrogen-bond acceptors (Lipinski definition) is 3. The summed E-state index contributed by atoms with van der Waals surface area (Å²) in [6.07, 6.45) is 0. The van der Waals surface area contributed by atoms with E-state index < -0.39 is 0 Å². The standard InChI is InChI=1S/C19H21IN2O3/c1-3-22(14(2)23)12-15-5-4-6-17(11-15)21-19(24)13-25-18-9-7-16(20)8-10-18/h4-11H,3,12-13H2,1-2H3,(H,21,24). The third kappa shape index (κ3) is 6.38. The molecule has 0 aliphatic carbocycles. The van der Waals surface area contributed by atoms with Crippen molar-refractivity contribution in [2.75, 3.05) is 18.5 Å². The average Bonchev–Trinajstić information content (AvgIpc) is 2.59. The van der Waals surface area contributed by atoms with Gasteiger partial charge in [-0.2, -0.15) is 0 Å². The lowest BCUT2D eigenvalue weighted by Crippen LogP contribution is -2.27. The van der Waals surface area contributed by atoms with E-state index in [0.29, 0.717) is 24.5 Å². The Labute approximate surface area is 161 Å². The minimum Gasteiger partial charge on any atom is -0.484 e. The van der Waals surface area contributed by atoms with Crippen molar-refractivity contribution in [3.8, 4) is 5.75 Å². The highest BCUT2D eigenvalue weighted by atomic mass is 127. The van der Waals surface area contributed by atoms with E-state index in [9.17, 15) is 9.59 Å². The predicted molar refractivity (Wildman–Crippen MR) is 106 cm³/mol. The van der Waals surface area contributed by atoms with E-state index in [1.54, 1.807) is 11.8 Å². The van der Waals surface area contributed by atoms with Gasteiger partial charge in [0.25, 0.3) is 5.91 Å². The van der Waals surface area contributed by atoms with Crippen LogP contribution in [-0.4, -0.2) is 29.9 Å². The van der Waals surface area contributed by atoms with E-state index in [1.165, 1.54) is 0 Å². The molecule has 0 atom stereocenters. The predicted octanol–water partition coefficient (Wildman–Crippen LogP) is 3.68. The summed E-state index contributed by atoms with van der Waals surface area (Å²) in [5.74, 6) is 0.460. The average molecular weight is 452 g/mol. The summed E-state index contributed by atoms with van der Waals surface area (Å²) in [6, 6.07) is 15.0. The molecule has 0 bridgehead atoms. The molecule has 2 aromatic rings. The number of carbonyl (C=O) groups excluding carboxylic acids is 2. The second-order valence-corrected chi connectivity index (χ2v) is 6.77. The Morgan fingerprint density at radius 3 is 2.52 bits per heavy atom. The lowest BCUT2D eigenvalue weighted by Gasteiger charge is -2.19. The SMILES string of the molecule is CCN(Cc1cccc(NC(=O)COc2ccc(I)cc2)c1)C(C)=O. The molecule has 2 aromatic carbocycles. The second kappa shape index (κ2) is 9.41. The molecular weight excluding hydrogens is 431 g/mol. The summed E-state index contributed by atoms with van der Waals surface area (Å²) in [5.41, 5.74) is 1.65. The van der Waals surface area contributed by atoms with Gasteiger partial charge in [-0.05, 0) is 71.5 Å². The minimum absolute atomic E-state index is 0.0304.